The zero-order chi connectivity index (χ0) is 51.4. The van der Waals surface area contributed by atoms with Crippen LogP contribution in [-0.2, 0) is 28.6 Å². The van der Waals surface area contributed by atoms with Crippen LogP contribution in [0.1, 0.15) is 188 Å². The molecule has 0 amide bonds. The Balaban J connectivity index is 4.67. The van der Waals surface area contributed by atoms with E-state index in [1.807, 2.05) is 0 Å². The summed E-state index contributed by atoms with van der Waals surface area (Å²) in [6.07, 6.45) is 86.0. The normalized spacial score (nSPS) is 13.6. The third-order valence-corrected chi connectivity index (χ3v) is 10.4. The number of unbranched alkanes of at least 4 members (excludes halogenated alkanes) is 5. The third-order valence-electron chi connectivity index (χ3n) is 10.4. The summed E-state index contributed by atoms with van der Waals surface area (Å²) in [6.45, 7) is 6.14. The second kappa shape index (κ2) is 57.1. The van der Waals surface area contributed by atoms with Gasteiger partial charge >= 0.3 is 17.9 Å². The molecule has 0 spiro atoms. The number of carbonyl (C=O) groups excluding carboxylic acids is 3. The fraction of sp³-hybridized carbons (Fsp3) is 0.492. The van der Waals surface area contributed by atoms with Crippen molar-refractivity contribution >= 4 is 17.9 Å². The van der Waals surface area contributed by atoms with Crippen LogP contribution in [-0.4, -0.2) is 37.2 Å². The molecule has 0 N–H and O–H groups in total. The molecule has 6 nitrogen and oxygen atoms in total. The first kappa shape index (κ1) is 65.5. The Kier molecular flexibility index (Phi) is 52.7. The fourth-order valence-corrected chi connectivity index (χ4v) is 6.42. The fourth-order valence-electron chi connectivity index (χ4n) is 6.42. The highest BCUT2D eigenvalue weighted by Gasteiger charge is 2.19. The molecular formula is C65H96O6. The molecule has 392 valence electrons. The predicted octanol–water partition coefficient (Wildman–Crippen LogP) is 18.5. The molecule has 71 heavy (non-hydrogen) atoms. The standard InChI is InChI=1S/C65H96O6/c1-4-7-10-13-16-19-22-25-28-31-32-35-37-40-43-46-49-52-55-58-64(67)70-61-62(71-65(68)59-56-53-50-47-44-41-38-34-30-27-24-21-18-15-12-9-6-3)60-69-63(66)57-54-51-48-45-42-39-36-33-29-26-23-20-17-14-11-8-5-2/h7-12,16-21,25-30,32,35-36,38-41,43,45,47-48,50,62H,4-6,13-15,22-24,31,33-34,37,42,44,46,49,51-61H2,1-3H3/b10-7+,11-8+,12-9+,19-16+,20-17+,21-18+,28-25+,29-26+,30-27+,35-32+,39-36+,41-38+,43-40+,48-45+,50-47+/t62-/m1/s1. The van der Waals surface area contributed by atoms with Gasteiger partial charge in [0.05, 0.1) is 0 Å². The van der Waals surface area contributed by atoms with E-state index < -0.39 is 12.1 Å². The van der Waals surface area contributed by atoms with Gasteiger partial charge in [-0.1, -0.05) is 209 Å². The number of rotatable bonds is 46. The topological polar surface area (TPSA) is 78.9 Å². The molecule has 0 aliphatic rings. The van der Waals surface area contributed by atoms with E-state index in [1.165, 1.54) is 0 Å². The minimum Gasteiger partial charge on any atom is -0.462 e. The van der Waals surface area contributed by atoms with E-state index in [9.17, 15) is 14.4 Å². The number of allylic oxidation sites excluding steroid dienone is 30. The van der Waals surface area contributed by atoms with Crippen molar-refractivity contribution in [2.24, 2.45) is 0 Å². The smallest absolute Gasteiger partial charge is 0.306 e. The van der Waals surface area contributed by atoms with Crippen LogP contribution in [0.4, 0.5) is 0 Å². The average Bonchev–Trinajstić information content (AvgIpc) is 3.37. The van der Waals surface area contributed by atoms with E-state index in [0.717, 1.165) is 135 Å². The molecule has 0 radical (unpaired) electrons. The lowest BCUT2D eigenvalue weighted by Gasteiger charge is -2.18. The van der Waals surface area contributed by atoms with Crippen molar-refractivity contribution in [3.8, 4) is 0 Å². The van der Waals surface area contributed by atoms with Crippen molar-refractivity contribution in [2.75, 3.05) is 13.2 Å². The van der Waals surface area contributed by atoms with E-state index in [-0.39, 0.29) is 44.4 Å². The largest absolute Gasteiger partial charge is 0.462 e. The Hall–Kier alpha value is -5.49. The van der Waals surface area contributed by atoms with Crippen molar-refractivity contribution < 1.29 is 28.6 Å². The molecule has 0 bridgehead atoms. The minimum absolute atomic E-state index is 0.146. The van der Waals surface area contributed by atoms with Crippen LogP contribution in [0.3, 0.4) is 0 Å². The lowest BCUT2D eigenvalue weighted by molar-refractivity contribution is -0.167. The quantitative estimate of drug-likeness (QED) is 0.0262. The van der Waals surface area contributed by atoms with Gasteiger partial charge in [-0.05, 0) is 141 Å². The van der Waals surface area contributed by atoms with Gasteiger partial charge in [0.25, 0.3) is 0 Å². The zero-order valence-corrected chi connectivity index (χ0v) is 44.6. The maximum atomic E-state index is 12.8. The number of hydrogen-bond donors (Lipinski definition) is 0. The molecule has 1 atom stereocenters. The van der Waals surface area contributed by atoms with Gasteiger partial charge in [0.2, 0.25) is 0 Å². The zero-order valence-electron chi connectivity index (χ0n) is 44.6. The second-order valence-corrected chi connectivity index (χ2v) is 17.0. The number of carbonyl (C=O) groups is 3. The first-order chi connectivity index (χ1) is 35.0. The molecule has 0 unspecified atom stereocenters. The summed E-state index contributed by atoms with van der Waals surface area (Å²) in [7, 11) is 0. The maximum absolute atomic E-state index is 12.8. The Morgan fingerprint density at radius 1 is 0.282 bits per heavy atom. The predicted molar refractivity (Wildman–Crippen MR) is 306 cm³/mol. The molecule has 0 aromatic rings. The summed E-state index contributed by atoms with van der Waals surface area (Å²) in [5.41, 5.74) is 0. The summed E-state index contributed by atoms with van der Waals surface area (Å²) in [5, 5.41) is 0. The highest BCUT2D eigenvalue weighted by molar-refractivity contribution is 5.71. The van der Waals surface area contributed by atoms with Gasteiger partial charge in [0.1, 0.15) is 13.2 Å². The number of esters is 3. The monoisotopic (exact) mass is 973 g/mol. The van der Waals surface area contributed by atoms with Crippen molar-refractivity contribution in [3.05, 3.63) is 182 Å². The molecule has 0 aliphatic carbocycles. The SMILES string of the molecule is CC/C=C/C/C=C/C/C=C/C/C=C/C/C=C/CCCCCC(=O)OC[C@@H](COC(=O)CCC/C=C/C/C=C/C/C=C/C/C=C/C/C=C/CC)OC(=O)CCC/C=C/C/C=C/C/C=C/C/C=C/C/C=C/CC. The van der Waals surface area contributed by atoms with E-state index >= 15 is 0 Å². The van der Waals surface area contributed by atoms with Crippen molar-refractivity contribution in [1.29, 1.82) is 0 Å². The second-order valence-electron chi connectivity index (χ2n) is 17.0. The Morgan fingerprint density at radius 2 is 0.521 bits per heavy atom. The summed E-state index contributed by atoms with van der Waals surface area (Å²) in [5.74, 6) is -1.11. The van der Waals surface area contributed by atoms with E-state index in [4.69, 9.17) is 14.2 Å². The van der Waals surface area contributed by atoms with Gasteiger partial charge in [-0.2, -0.15) is 0 Å². The van der Waals surface area contributed by atoms with Crippen molar-refractivity contribution in [3.63, 3.8) is 0 Å². The molecule has 0 aliphatic heterocycles. The van der Waals surface area contributed by atoms with Gasteiger partial charge in [0, 0.05) is 19.3 Å². The summed E-state index contributed by atoms with van der Waals surface area (Å²) in [6, 6.07) is 0. The summed E-state index contributed by atoms with van der Waals surface area (Å²) < 4.78 is 16.7. The van der Waals surface area contributed by atoms with Crippen LogP contribution in [0.15, 0.2) is 182 Å². The van der Waals surface area contributed by atoms with E-state index in [1.54, 1.807) is 0 Å². The molecular weight excluding hydrogens is 877 g/mol. The molecule has 0 rings (SSSR count). The van der Waals surface area contributed by atoms with Gasteiger partial charge < -0.3 is 14.2 Å². The summed E-state index contributed by atoms with van der Waals surface area (Å²) in [4.78, 5) is 38.1. The molecule has 6 heteroatoms. The lowest BCUT2D eigenvalue weighted by Crippen LogP contribution is -2.30. The van der Waals surface area contributed by atoms with Crippen LogP contribution in [0.25, 0.3) is 0 Å². The Labute approximate surface area is 434 Å². The van der Waals surface area contributed by atoms with Crippen LogP contribution in [0, 0.1) is 0 Å². The van der Waals surface area contributed by atoms with Crippen LogP contribution in [0.2, 0.25) is 0 Å². The Bertz CT molecular complexity index is 1730. The van der Waals surface area contributed by atoms with Crippen LogP contribution in [0.5, 0.6) is 0 Å². The van der Waals surface area contributed by atoms with Gasteiger partial charge in [-0.15, -0.1) is 0 Å². The third kappa shape index (κ3) is 55.3. The Morgan fingerprint density at radius 3 is 0.817 bits per heavy atom. The molecule has 0 heterocycles. The molecule has 0 aromatic carbocycles. The van der Waals surface area contributed by atoms with E-state index in [0.29, 0.717) is 12.8 Å². The van der Waals surface area contributed by atoms with Gasteiger partial charge in [0.15, 0.2) is 6.10 Å². The molecule has 0 aromatic heterocycles. The van der Waals surface area contributed by atoms with E-state index in [2.05, 4.69) is 203 Å². The molecule has 0 fully saturated rings. The maximum Gasteiger partial charge on any atom is 0.306 e. The highest BCUT2D eigenvalue weighted by atomic mass is 16.6. The van der Waals surface area contributed by atoms with Gasteiger partial charge in [-0.25, -0.2) is 0 Å². The van der Waals surface area contributed by atoms with Crippen molar-refractivity contribution in [1.82, 2.24) is 0 Å². The number of hydrogen-bond acceptors (Lipinski definition) is 6. The highest BCUT2D eigenvalue weighted by Crippen LogP contribution is 2.10. The minimum atomic E-state index is -0.856. The first-order valence-corrected chi connectivity index (χ1v) is 27.3. The molecule has 0 saturated heterocycles. The van der Waals surface area contributed by atoms with Crippen molar-refractivity contribution in [2.45, 2.75) is 194 Å². The number of ether oxygens (including phenoxy) is 3. The summed E-state index contributed by atoms with van der Waals surface area (Å²) >= 11 is 0. The lowest BCUT2D eigenvalue weighted by atomic mass is 10.1. The van der Waals surface area contributed by atoms with Gasteiger partial charge in [-0.3, -0.25) is 14.4 Å². The average molecular weight is 973 g/mol. The van der Waals surface area contributed by atoms with Crippen LogP contribution < -0.4 is 0 Å². The molecule has 0 saturated carbocycles. The van der Waals surface area contributed by atoms with Crippen LogP contribution >= 0.6 is 0 Å². The first-order valence-electron chi connectivity index (χ1n) is 27.3.